The summed E-state index contributed by atoms with van der Waals surface area (Å²) in [5.74, 6) is -0.433. The normalized spacial score (nSPS) is 11.8. The van der Waals surface area contributed by atoms with Crippen LogP contribution >= 0.6 is 11.3 Å². The SMILES string of the molecule is CNS(=O)(=O)c1nnc(NC(=O)C(C)C)s1. The second kappa shape index (κ2) is 4.85. The van der Waals surface area contributed by atoms with E-state index in [1.807, 2.05) is 0 Å². The first kappa shape index (κ1) is 13.0. The van der Waals surface area contributed by atoms with Crippen LogP contribution in [0.4, 0.5) is 5.13 Å². The molecule has 1 heterocycles. The van der Waals surface area contributed by atoms with Gasteiger partial charge in [0.15, 0.2) is 0 Å². The van der Waals surface area contributed by atoms with Crippen LogP contribution in [0.3, 0.4) is 0 Å². The Labute approximate surface area is 97.3 Å². The Morgan fingerprint density at radius 1 is 1.38 bits per heavy atom. The van der Waals surface area contributed by atoms with Gasteiger partial charge >= 0.3 is 0 Å². The van der Waals surface area contributed by atoms with Crippen molar-refractivity contribution in [1.29, 1.82) is 0 Å². The Morgan fingerprint density at radius 2 is 2.00 bits per heavy atom. The van der Waals surface area contributed by atoms with E-state index < -0.39 is 10.0 Å². The van der Waals surface area contributed by atoms with Gasteiger partial charge in [-0.05, 0) is 7.05 Å². The van der Waals surface area contributed by atoms with Crippen LogP contribution in [0.2, 0.25) is 0 Å². The zero-order valence-electron chi connectivity index (χ0n) is 9.01. The van der Waals surface area contributed by atoms with Crippen molar-refractivity contribution in [2.75, 3.05) is 12.4 Å². The highest BCUT2D eigenvalue weighted by atomic mass is 32.2. The van der Waals surface area contributed by atoms with Gasteiger partial charge in [0.1, 0.15) is 0 Å². The van der Waals surface area contributed by atoms with Crippen molar-refractivity contribution in [1.82, 2.24) is 14.9 Å². The maximum atomic E-state index is 11.3. The molecule has 0 aromatic carbocycles. The lowest BCUT2D eigenvalue weighted by Gasteiger charge is -2.02. The molecule has 1 rings (SSSR count). The summed E-state index contributed by atoms with van der Waals surface area (Å²) >= 11 is 0.806. The lowest BCUT2D eigenvalue weighted by Crippen LogP contribution is -2.18. The molecule has 2 N–H and O–H groups in total. The Kier molecular flexibility index (Phi) is 3.94. The summed E-state index contributed by atoms with van der Waals surface area (Å²) in [5.41, 5.74) is 0. The van der Waals surface area contributed by atoms with E-state index >= 15 is 0 Å². The molecular weight excluding hydrogens is 252 g/mol. The van der Waals surface area contributed by atoms with Gasteiger partial charge in [0, 0.05) is 5.92 Å². The maximum Gasteiger partial charge on any atom is 0.269 e. The molecule has 0 spiro atoms. The first-order valence-corrected chi connectivity index (χ1v) is 6.74. The maximum absolute atomic E-state index is 11.3. The third-order valence-corrected chi connectivity index (χ3v) is 4.28. The van der Waals surface area contributed by atoms with Gasteiger partial charge in [0.2, 0.25) is 15.4 Å². The van der Waals surface area contributed by atoms with Crippen LogP contribution in [0.5, 0.6) is 0 Å². The molecule has 0 bridgehead atoms. The van der Waals surface area contributed by atoms with E-state index in [4.69, 9.17) is 0 Å². The quantitative estimate of drug-likeness (QED) is 0.748. The average Bonchev–Trinajstić information content (AvgIpc) is 2.66. The molecule has 1 aromatic heterocycles. The number of hydrogen-bond donors (Lipinski definition) is 2. The zero-order chi connectivity index (χ0) is 12.3. The van der Waals surface area contributed by atoms with Crippen LogP contribution in [-0.2, 0) is 14.8 Å². The molecular formula is C7H12N4O3S2. The minimum atomic E-state index is -3.59. The van der Waals surface area contributed by atoms with E-state index in [1.54, 1.807) is 13.8 Å². The van der Waals surface area contributed by atoms with Crippen LogP contribution in [0.25, 0.3) is 0 Å². The summed E-state index contributed by atoms with van der Waals surface area (Å²) < 4.78 is 24.6. The fourth-order valence-corrected chi connectivity index (χ4v) is 2.43. The topological polar surface area (TPSA) is 101 Å². The molecule has 9 heteroatoms. The molecule has 0 radical (unpaired) electrons. The zero-order valence-corrected chi connectivity index (χ0v) is 10.6. The Hall–Kier alpha value is -1.06. The molecule has 0 aliphatic heterocycles. The van der Waals surface area contributed by atoms with Crippen LogP contribution in [0, 0.1) is 5.92 Å². The van der Waals surface area contributed by atoms with Crippen LogP contribution < -0.4 is 10.0 Å². The monoisotopic (exact) mass is 264 g/mol. The number of anilines is 1. The summed E-state index contributed by atoms with van der Waals surface area (Å²) in [6, 6.07) is 0. The van der Waals surface area contributed by atoms with Gasteiger partial charge in [0.25, 0.3) is 10.0 Å². The second-order valence-corrected chi connectivity index (χ2v) is 6.26. The van der Waals surface area contributed by atoms with E-state index in [-0.39, 0.29) is 21.3 Å². The molecule has 7 nitrogen and oxygen atoms in total. The summed E-state index contributed by atoms with van der Waals surface area (Å²) in [6.45, 7) is 3.45. The smallest absolute Gasteiger partial charge is 0.269 e. The second-order valence-electron chi connectivity index (χ2n) is 3.22. The molecule has 0 saturated heterocycles. The highest BCUT2D eigenvalue weighted by Gasteiger charge is 2.19. The number of aromatic nitrogens is 2. The van der Waals surface area contributed by atoms with Gasteiger partial charge in [-0.15, -0.1) is 10.2 Å². The van der Waals surface area contributed by atoms with E-state index in [0.717, 1.165) is 11.3 Å². The first-order valence-electron chi connectivity index (χ1n) is 4.44. The largest absolute Gasteiger partial charge is 0.300 e. The summed E-state index contributed by atoms with van der Waals surface area (Å²) in [6.07, 6.45) is 0. The first-order chi connectivity index (χ1) is 7.36. The van der Waals surface area contributed by atoms with Crippen molar-refractivity contribution in [3.63, 3.8) is 0 Å². The van der Waals surface area contributed by atoms with Crippen molar-refractivity contribution >= 4 is 32.4 Å². The van der Waals surface area contributed by atoms with Gasteiger partial charge in [0.05, 0.1) is 0 Å². The highest BCUT2D eigenvalue weighted by Crippen LogP contribution is 2.19. The minimum absolute atomic E-state index is 0.172. The number of hydrogen-bond acceptors (Lipinski definition) is 6. The fraction of sp³-hybridized carbons (Fsp3) is 0.571. The summed E-state index contributed by atoms with van der Waals surface area (Å²) in [5, 5.41) is 9.69. The molecule has 0 saturated carbocycles. The predicted octanol–water partition coefficient (Wildman–Crippen LogP) is 0.0407. The number of rotatable bonds is 4. The van der Waals surface area contributed by atoms with Gasteiger partial charge in [-0.2, -0.15) is 0 Å². The third-order valence-electron chi connectivity index (χ3n) is 1.66. The van der Waals surface area contributed by atoms with Crippen molar-refractivity contribution < 1.29 is 13.2 Å². The molecule has 1 amide bonds. The lowest BCUT2D eigenvalue weighted by atomic mass is 10.2. The van der Waals surface area contributed by atoms with Gasteiger partial charge in [-0.1, -0.05) is 25.2 Å². The molecule has 1 aromatic rings. The Balaban J connectivity index is 2.85. The molecule has 16 heavy (non-hydrogen) atoms. The average molecular weight is 264 g/mol. The number of nitrogens with one attached hydrogen (secondary N) is 2. The minimum Gasteiger partial charge on any atom is -0.300 e. The van der Waals surface area contributed by atoms with Crippen LogP contribution in [0.15, 0.2) is 4.34 Å². The molecule has 90 valence electrons. The van der Waals surface area contributed by atoms with Gasteiger partial charge in [-0.25, -0.2) is 13.1 Å². The van der Waals surface area contributed by atoms with Crippen molar-refractivity contribution in [3.8, 4) is 0 Å². The number of sulfonamides is 1. The van der Waals surface area contributed by atoms with E-state index in [9.17, 15) is 13.2 Å². The van der Waals surface area contributed by atoms with E-state index in [2.05, 4.69) is 20.2 Å². The van der Waals surface area contributed by atoms with E-state index in [1.165, 1.54) is 7.05 Å². The fourth-order valence-electron chi connectivity index (χ4n) is 0.706. The predicted molar refractivity (Wildman–Crippen MR) is 59.6 cm³/mol. The molecule has 0 unspecified atom stereocenters. The number of carbonyl (C=O) groups is 1. The molecule has 0 atom stereocenters. The molecule has 0 aliphatic carbocycles. The standard InChI is InChI=1S/C7H12N4O3S2/c1-4(2)5(12)9-6-10-11-7(15-6)16(13,14)8-3/h4,8H,1-3H3,(H,9,10,12). The summed E-state index contributed by atoms with van der Waals surface area (Å²) in [7, 11) is -2.31. The van der Waals surface area contributed by atoms with Crippen molar-refractivity contribution in [2.24, 2.45) is 5.92 Å². The number of amides is 1. The van der Waals surface area contributed by atoms with Gasteiger partial charge in [-0.3, -0.25) is 4.79 Å². The Bertz CT molecular complexity index is 480. The number of carbonyl (C=O) groups excluding carboxylic acids is 1. The lowest BCUT2D eigenvalue weighted by molar-refractivity contribution is -0.118. The number of nitrogens with zero attached hydrogens (tertiary/aromatic N) is 2. The third kappa shape index (κ3) is 2.97. The van der Waals surface area contributed by atoms with Crippen LogP contribution in [-0.4, -0.2) is 31.6 Å². The van der Waals surface area contributed by atoms with Crippen molar-refractivity contribution in [3.05, 3.63) is 0 Å². The van der Waals surface area contributed by atoms with Crippen LogP contribution in [0.1, 0.15) is 13.8 Å². The molecule has 0 fully saturated rings. The van der Waals surface area contributed by atoms with Gasteiger partial charge < -0.3 is 5.32 Å². The highest BCUT2D eigenvalue weighted by molar-refractivity contribution is 7.91. The molecule has 0 aliphatic rings. The Morgan fingerprint density at radius 3 is 2.50 bits per heavy atom. The van der Waals surface area contributed by atoms with Crippen molar-refractivity contribution in [2.45, 2.75) is 18.2 Å². The summed E-state index contributed by atoms with van der Waals surface area (Å²) in [4.78, 5) is 11.3. The van der Waals surface area contributed by atoms with E-state index in [0.29, 0.717) is 0 Å².